The van der Waals surface area contributed by atoms with Crippen molar-refractivity contribution in [3.63, 3.8) is 0 Å². The van der Waals surface area contributed by atoms with Crippen LogP contribution in [0.25, 0.3) is 0 Å². The Morgan fingerprint density at radius 3 is 2.82 bits per heavy atom. The SMILES string of the molecule is COc1cccc(NC(C)CSC)c1[N+](=O)[O-]. The van der Waals surface area contributed by atoms with Gasteiger partial charge in [0, 0.05) is 11.8 Å². The van der Waals surface area contributed by atoms with Crippen molar-refractivity contribution in [1.29, 1.82) is 0 Å². The van der Waals surface area contributed by atoms with Gasteiger partial charge in [-0.15, -0.1) is 0 Å². The summed E-state index contributed by atoms with van der Waals surface area (Å²) < 4.78 is 5.00. The number of rotatable bonds is 6. The van der Waals surface area contributed by atoms with Gasteiger partial charge in [-0.25, -0.2) is 0 Å². The maximum absolute atomic E-state index is 11.0. The van der Waals surface area contributed by atoms with Gasteiger partial charge >= 0.3 is 5.69 Å². The molecule has 0 saturated carbocycles. The minimum absolute atomic E-state index is 0.0112. The van der Waals surface area contributed by atoms with Crippen molar-refractivity contribution in [3.05, 3.63) is 28.3 Å². The number of nitrogens with one attached hydrogen (secondary N) is 1. The van der Waals surface area contributed by atoms with Crippen molar-refractivity contribution >= 4 is 23.1 Å². The third-order valence-corrected chi connectivity index (χ3v) is 3.05. The molecule has 0 aliphatic heterocycles. The van der Waals surface area contributed by atoms with Gasteiger partial charge in [-0.05, 0) is 25.3 Å². The van der Waals surface area contributed by atoms with Gasteiger partial charge in [0.05, 0.1) is 12.0 Å². The molecule has 1 N–H and O–H groups in total. The van der Waals surface area contributed by atoms with Crippen LogP contribution >= 0.6 is 11.8 Å². The molecular formula is C11H16N2O3S. The lowest BCUT2D eigenvalue weighted by molar-refractivity contribution is -0.384. The molecule has 5 nitrogen and oxygen atoms in total. The lowest BCUT2D eigenvalue weighted by Crippen LogP contribution is -2.18. The maximum Gasteiger partial charge on any atom is 0.333 e. The molecule has 6 heteroatoms. The van der Waals surface area contributed by atoms with Crippen molar-refractivity contribution in [3.8, 4) is 5.75 Å². The molecule has 0 bridgehead atoms. The summed E-state index contributed by atoms with van der Waals surface area (Å²) in [5.74, 6) is 1.16. The lowest BCUT2D eigenvalue weighted by Gasteiger charge is -2.14. The van der Waals surface area contributed by atoms with E-state index in [1.807, 2.05) is 13.2 Å². The molecule has 1 unspecified atom stereocenters. The standard InChI is InChI=1S/C11H16N2O3S/c1-8(7-17-3)12-9-5-4-6-10(16-2)11(9)13(14)15/h4-6,8,12H,7H2,1-3H3. The van der Waals surface area contributed by atoms with Crippen LogP contribution in [0.15, 0.2) is 18.2 Å². The quantitative estimate of drug-likeness (QED) is 0.626. The van der Waals surface area contributed by atoms with E-state index in [1.165, 1.54) is 7.11 Å². The smallest absolute Gasteiger partial charge is 0.333 e. The first kappa shape index (κ1) is 13.6. The van der Waals surface area contributed by atoms with Crippen LogP contribution in [0, 0.1) is 10.1 Å². The number of nitro groups is 1. The number of ether oxygens (including phenoxy) is 1. The highest BCUT2D eigenvalue weighted by molar-refractivity contribution is 7.98. The fraction of sp³-hybridized carbons (Fsp3) is 0.455. The van der Waals surface area contributed by atoms with Crippen LogP contribution < -0.4 is 10.1 Å². The third-order valence-electron chi connectivity index (χ3n) is 2.22. The minimum atomic E-state index is -0.424. The molecule has 0 heterocycles. The zero-order valence-corrected chi connectivity index (χ0v) is 10.9. The van der Waals surface area contributed by atoms with Crippen LogP contribution in [-0.4, -0.2) is 30.1 Å². The first-order chi connectivity index (χ1) is 8.10. The number of nitrogens with zero attached hydrogens (tertiary/aromatic N) is 1. The number of thioether (sulfide) groups is 1. The Morgan fingerprint density at radius 1 is 1.59 bits per heavy atom. The van der Waals surface area contributed by atoms with Crippen LogP contribution in [-0.2, 0) is 0 Å². The van der Waals surface area contributed by atoms with E-state index >= 15 is 0 Å². The number of hydrogen-bond donors (Lipinski definition) is 1. The first-order valence-electron chi connectivity index (χ1n) is 5.17. The van der Waals surface area contributed by atoms with Crippen molar-refractivity contribution < 1.29 is 9.66 Å². The zero-order valence-electron chi connectivity index (χ0n) is 10.1. The predicted molar refractivity (Wildman–Crippen MR) is 71.1 cm³/mol. The van der Waals surface area contributed by atoms with Gasteiger partial charge in [0.2, 0.25) is 0 Å². The minimum Gasteiger partial charge on any atom is -0.490 e. The van der Waals surface area contributed by atoms with Gasteiger partial charge in [0.25, 0.3) is 0 Å². The van der Waals surface area contributed by atoms with Gasteiger partial charge in [-0.3, -0.25) is 10.1 Å². The number of anilines is 1. The molecule has 0 saturated heterocycles. The van der Waals surface area contributed by atoms with E-state index in [1.54, 1.807) is 30.0 Å². The van der Waals surface area contributed by atoms with Crippen LogP contribution in [0.3, 0.4) is 0 Å². The molecule has 0 radical (unpaired) electrons. The lowest BCUT2D eigenvalue weighted by atomic mass is 10.2. The van der Waals surface area contributed by atoms with E-state index in [0.29, 0.717) is 5.69 Å². The second-order valence-corrected chi connectivity index (χ2v) is 4.52. The van der Waals surface area contributed by atoms with Crippen LogP contribution in [0.4, 0.5) is 11.4 Å². The molecule has 1 atom stereocenters. The van der Waals surface area contributed by atoms with E-state index < -0.39 is 4.92 Å². The number of benzene rings is 1. The highest BCUT2D eigenvalue weighted by Crippen LogP contribution is 2.34. The number of para-hydroxylation sites is 1. The molecule has 0 aliphatic carbocycles. The fourth-order valence-electron chi connectivity index (χ4n) is 1.55. The second-order valence-electron chi connectivity index (χ2n) is 3.61. The molecule has 1 aromatic carbocycles. The molecule has 1 aromatic rings. The number of methoxy groups -OCH3 is 1. The molecule has 1 rings (SSSR count). The topological polar surface area (TPSA) is 64.4 Å². The average molecular weight is 256 g/mol. The zero-order chi connectivity index (χ0) is 12.8. The highest BCUT2D eigenvalue weighted by Gasteiger charge is 2.21. The summed E-state index contributed by atoms with van der Waals surface area (Å²) >= 11 is 1.69. The van der Waals surface area contributed by atoms with E-state index in [4.69, 9.17) is 4.74 Å². The van der Waals surface area contributed by atoms with Gasteiger partial charge in [-0.2, -0.15) is 11.8 Å². The molecule has 0 amide bonds. The number of hydrogen-bond acceptors (Lipinski definition) is 5. The van der Waals surface area contributed by atoms with E-state index in [0.717, 1.165) is 5.75 Å². The van der Waals surface area contributed by atoms with Gasteiger partial charge in [-0.1, -0.05) is 6.07 Å². The monoisotopic (exact) mass is 256 g/mol. The summed E-state index contributed by atoms with van der Waals surface area (Å²) in [6.07, 6.45) is 2.00. The van der Waals surface area contributed by atoms with E-state index in [2.05, 4.69) is 5.32 Å². The normalized spacial score (nSPS) is 11.9. The Labute approximate surface area is 105 Å². The van der Waals surface area contributed by atoms with E-state index in [9.17, 15) is 10.1 Å². The van der Waals surface area contributed by atoms with Gasteiger partial charge in [0.15, 0.2) is 5.75 Å². The maximum atomic E-state index is 11.0. The van der Waals surface area contributed by atoms with Gasteiger partial charge < -0.3 is 10.1 Å². The Kier molecular flexibility index (Phi) is 5.09. The molecule has 0 spiro atoms. The highest BCUT2D eigenvalue weighted by atomic mass is 32.2. The van der Waals surface area contributed by atoms with Crippen LogP contribution in [0.5, 0.6) is 5.75 Å². The Hall–Kier alpha value is -1.43. The molecule has 0 fully saturated rings. The molecular weight excluding hydrogens is 240 g/mol. The number of nitro benzene ring substituents is 1. The van der Waals surface area contributed by atoms with E-state index in [-0.39, 0.29) is 17.5 Å². The first-order valence-corrected chi connectivity index (χ1v) is 6.56. The van der Waals surface area contributed by atoms with Crippen LogP contribution in [0.1, 0.15) is 6.92 Å². The third kappa shape index (κ3) is 3.52. The average Bonchev–Trinajstić information content (AvgIpc) is 2.28. The molecule has 0 aromatic heterocycles. The van der Waals surface area contributed by atoms with Crippen molar-refractivity contribution in [2.45, 2.75) is 13.0 Å². The predicted octanol–water partition coefficient (Wildman–Crippen LogP) is 2.77. The molecule has 94 valence electrons. The summed E-state index contributed by atoms with van der Waals surface area (Å²) in [6, 6.07) is 5.18. The van der Waals surface area contributed by atoms with Crippen LogP contribution in [0.2, 0.25) is 0 Å². The molecule has 0 aliphatic rings. The second kappa shape index (κ2) is 6.34. The fourth-order valence-corrected chi connectivity index (χ4v) is 2.13. The Balaban J connectivity index is 3.02. The van der Waals surface area contributed by atoms with Crippen molar-refractivity contribution in [2.75, 3.05) is 24.4 Å². The summed E-state index contributed by atoms with van der Waals surface area (Å²) in [7, 11) is 1.43. The largest absolute Gasteiger partial charge is 0.490 e. The molecule has 17 heavy (non-hydrogen) atoms. The van der Waals surface area contributed by atoms with Crippen molar-refractivity contribution in [1.82, 2.24) is 0 Å². The summed E-state index contributed by atoms with van der Waals surface area (Å²) in [5, 5.41) is 14.1. The van der Waals surface area contributed by atoms with Gasteiger partial charge in [0.1, 0.15) is 5.69 Å². The summed E-state index contributed by atoms with van der Waals surface area (Å²) in [5.41, 5.74) is 0.485. The summed E-state index contributed by atoms with van der Waals surface area (Å²) in [6.45, 7) is 1.99. The Morgan fingerprint density at radius 2 is 2.29 bits per heavy atom. The van der Waals surface area contributed by atoms with Crippen molar-refractivity contribution in [2.24, 2.45) is 0 Å². The summed E-state index contributed by atoms with van der Waals surface area (Å²) in [4.78, 5) is 10.6. The Bertz CT molecular complexity index is 398.